The van der Waals surface area contributed by atoms with Crippen LogP contribution in [0.2, 0.25) is 0 Å². The molecule has 0 aliphatic heterocycles. The summed E-state index contributed by atoms with van der Waals surface area (Å²) in [5, 5.41) is 1.08. The van der Waals surface area contributed by atoms with E-state index in [1.165, 1.54) is 12.1 Å². The number of nitrogens with one attached hydrogen (secondary N) is 1. The van der Waals surface area contributed by atoms with E-state index in [4.69, 9.17) is 5.84 Å². The highest BCUT2D eigenvalue weighted by atomic mass is 19.1. The summed E-state index contributed by atoms with van der Waals surface area (Å²) in [6.07, 6.45) is 1.76. The zero-order valence-electron chi connectivity index (χ0n) is 10.8. The molecule has 0 saturated carbocycles. The fraction of sp³-hybridized carbons (Fsp3) is 0.0625. The number of nitrogens with two attached hydrogens (primary N) is 1. The van der Waals surface area contributed by atoms with E-state index in [0.717, 1.165) is 22.0 Å². The molecule has 0 fully saturated rings. The number of pyridine rings is 1. The predicted molar refractivity (Wildman–Crippen MR) is 77.3 cm³/mol. The first-order valence-corrected chi connectivity index (χ1v) is 6.34. The lowest BCUT2D eigenvalue weighted by atomic mass is 9.98. The summed E-state index contributed by atoms with van der Waals surface area (Å²) in [5.74, 6) is 5.40. The third-order valence-electron chi connectivity index (χ3n) is 3.33. The summed E-state index contributed by atoms with van der Waals surface area (Å²) < 4.78 is 13.0. The van der Waals surface area contributed by atoms with Crippen LogP contribution in [-0.4, -0.2) is 4.98 Å². The van der Waals surface area contributed by atoms with Crippen LogP contribution in [0.4, 0.5) is 4.39 Å². The van der Waals surface area contributed by atoms with Gasteiger partial charge in [-0.05, 0) is 35.4 Å². The molecule has 0 spiro atoms. The topological polar surface area (TPSA) is 50.9 Å². The molecule has 0 bridgehead atoms. The number of aromatic nitrogens is 1. The van der Waals surface area contributed by atoms with Crippen molar-refractivity contribution in [2.24, 2.45) is 5.84 Å². The Labute approximate surface area is 116 Å². The van der Waals surface area contributed by atoms with E-state index in [0.29, 0.717) is 0 Å². The zero-order chi connectivity index (χ0) is 13.9. The van der Waals surface area contributed by atoms with E-state index < -0.39 is 0 Å². The van der Waals surface area contributed by atoms with Gasteiger partial charge in [0.05, 0.1) is 11.6 Å². The molecule has 3 nitrogen and oxygen atoms in total. The highest BCUT2D eigenvalue weighted by Crippen LogP contribution is 2.24. The van der Waals surface area contributed by atoms with Crippen molar-refractivity contribution in [3.05, 3.63) is 77.7 Å². The smallest absolute Gasteiger partial charge is 0.123 e. The first-order chi connectivity index (χ1) is 9.78. The maximum atomic E-state index is 13.0. The second-order valence-electron chi connectivity index (χ2n) is 4.61. The standard InChI is InChI=1S/C16H14FN3/c17-14-7-5-12(6-8-14)16(20-18)13-4-3-11-2-1-9-19-15(11)10-13/h1-10,16,20H,18H2. The van der Waals surface area contributed by atoms with Crippen molar-refractivity contribution in [1.82, 2.24) is 10.4 Å². The fourth-order valence-electron chi connectivity index (χ4n) is 2.30. The van der Waals surface area contributed by atoms with Crippen LogP contribution < -0.4 is 11.3 Å². The number of fused-ring (bicyclic) bond motifs is 1. The number of benzene rings is 2. The molecule has 0 aliphatic carbocycles. The highest BCUT2D eigenvalue weighted by molar-refractivity contribution is 5.79. The van der Waals surface area contributed by atoms with Gasteiger partial charge in [-0.2, -0.15) is 0 Å². The van der Waals surface area contributed by atoms with Gasteiger partial charge in [0, 0.05) is 11.6 Å². The molecule has 3 aromatic rings. The lowest BCUT2D eigenvalue weighted by Gasteiger charge is -2.17. The van der Waals surface area contributed by atoms with Gasteiger partial charge in [0.1, 0.15) is 5.82 Å². The van der Waals surface area contributed by atoms with Crippen LogP contribution in [0.3, 0.4) is 0 Å². The van der Waals surface area contributed by atoms with Crippen molar-refractivity contribution in [2.75, 3.05) is 0 Å². The maximum Gasteiger partial charge on any atom is 0.123 e. The SMILES string of the molecule is NNC(c1ccc(F)cc1)c1ccc2cccnc2c1. The van der Waals surface area contributed by atoms with Crippen LogP contribution in [0.5, 0.6) is 0 Å². The second kappa shape index (κ2) is 5.36. The van der Waals surface area contributed by atoms with Gasteiger partial charge in [0.15, 0.2) is 0 Å². The molecule has 3 rings (SSSR count). The molecule has 0 amide bonds. The Kier molecular flexibility index (Phi) is 3.41. The molecule has 3 N–H and O–H groups in total. The van der Waals surface area contributed by atoms with Crippen molar-refractivity contribution in [1.29, 1.82) is 0 Å². The van der Waals surface area contributed by atoms with Gasteiger partial charge in [-0.1, -0.05) is 30.3 Å². The van der Waals surface area contributed by atoms with Gasteiger partial charge >= 0.3 is 0 Å². The molecule has 0 saturated heterocycles. The van der Waals surface area contributed by atoms with E-state index in [1.807, 2.05) is 30.3 Å². The molecule has 1 heterocycles. The minimum absolute atomic E-state index is 0.193. The van der Waals surface area contributed by atoms with Crippen LogP contribution in [0.15, 0.2) is 60.8 Å². The van der Waals surface area contributed by atoms with E-state index in [2.05, 4.69) is 10.4 Å². The average molecular weight is 267 g/mol. The Balaban J connectivity index is 2.04. The molecule has 1 atom stereocenters. The Bertz CT molecular complexity index is 725. The van der Waals surface area contributed by atoms with E-state index in [-0.39, 0.29) is 11.9 Å². The average Bonchev–Trinajstić information content (AvgIpc) is 2.50. The molecular formula is C16H14FN3. The van der Waals surface area contributed by atoms with Gasteiger partial charge in [-0.15, -0.1) is 0 Å². The van der Waals surface area contributed by atoms with Gasteiger partial charge < -0.3 is 0 Å². The van der Waals surface area contributed by atoms with Crippen LogP contribution in [0.25, 0.3) is 10.9 Å². The van der Waals surface area contributed by atoms with Gasteiger partial charge in [0.25, 0.3) is 0 Å². The Morgan fingerprint density at radius 3 is 2.50 bits per heavy atom. The summed E-state index contributed by atoms with van der Waals surface area (Å²) in [6, 6.07) is 16.0. The third-order valence-corrected chi connectivity index (χ3v) is 3.33. The number of nitrogens with zero attached hydrogens (tertiary/aromatic N) is 1. The van der Waals surface area contributed by atoms with Gasteiger partial charge in [-0.25, -0.2) is 9.82 Å². The van der Waals surface area contributed by atoms with Crippen molar-refractivity contribution in [3.63, 3.8) is 0 Å². The first kappa shape index (κ1) is 12.7. The molecule has 2 aromatic carbocycles. The van der Waals surface area contributed by atoms with Crippen LogP contribution in [0, 0.1) is 5.82 Å². The molecular weight excluding hydrogens is 253 g/mol. The predicted octanol–water partition coefficient (Wildman–Crippen LogP) is 2.93. The minimum Gasteiger partial charge on any atom is -0.271 e. The second-order valence-corrected chi connectivity index (χ2v) is 4.61. The van der Waals surface area contributed by atoms with Crippen molar-refractivity contribution < 1.29 is 4.39 Å². The van der Waals surface area contributed by atoms with Crippen molar-refractivity contribution >= 4 is 10.9 Å². The Morgan fingerprint density at radius 1 is 1.00 bits per heavy atom. The third kappa shape index (κ3) is 2.39. The summed E-state index contributed by atoms with van der Waals surface area (Å²) in [7, 11) is 0. The van der Waals surface area contributed by atoms with Crippen LogP contribution in [0.1, 0.15) is 17.2 Å². The van der Waals surface area contributed by atoms with E-state index >= 15 is 0 Å². The van der Waals surface area contributed by atoms with Crippen LogP contribution in [-0.2, 0) is 0 Å². The van der Waals surface area contributed by atoms with E-state index in [9.17, 15) is 4.39 Å². The monoisotopic (exact) mass is 267 g/mol. The zero-order valence-corrected chi connectivity index (χ0v) is 10.8. The summed E-state index contributed by atoms with van der Waals surface area (Å²) >= 11 is 0. The highest BCUT2D eigenvalue weighted by Gasteiger charge is 2.13. The molecule has 100 valence electrons. The van der Waals surface area contributed by atoms with Gasteiger partial charge in [0.2, 0.25) is 0 Å². The maximum absolute atomic E-state index is 13.0. The number of rotatable bonds is 3. The molecule has 20 heavy (non-hydrogen) atoms. The normalized spacial score (nSPS) is 12.5. The van der Waals surface area contributed by atoms with Crippen molar-refractivity contribution in [3.8, 4) is 0 Å². The summed E-state index contributed by atoms with van der Waals surface area (Å²) in [6.45, 7) is 0. The number of hydrogen-bond acceptors (Lipinski definition) is 3. The number of halogens is 1. The van der Waals surface area contributed by atoms with Crippen LogP contribution >= 0.6 is 0 Å². The number of hydrazine groups is 1. The Morgan fingerprint density at radius 2 is 1.75 bits per heavy atom. The first-order valence-electron chi connectivity index (χ1n) is 6.34. The lowest BCUT2D eigenvalue weighted by Crippen LogP contribution is -2.28. The Hall–Kier alpha value is -2.30. The fourth-order valence-corrected chi connectivity index (χ4v) is 2.30. The summed E-state index contributed by atoms with van der Waals surface area (Å²) in [4.78, 5) is 4.34. The lowest BCUT2D eigenvalue weighted by molar-refractivity contribution is 0.615. The quantitative estimate of drug-likeness (QED) is 0.566. The molecule has 0 aliphatic rings. The molecule has 1 unspecified atom stereocenters. The minimum atomic E-state index is -0.260. The molecule has 1 aromatic heterocycles. The van der Waals surface area contributed by atoms with Crippen molar-refractivity contribution in [2.45, 2.75) is 6.04 Å². The number of hydrogen-bond donors (Lipinski definition) is 2. The largest absolute Gasteiger partial charge is 0.271 e. The summed E-state index contributed by atoms with van der Waals surface area (Å²) in [5.41, 5.74) is 5.58. The molecule has 0 radical (unpaired) electrons. The van der Waals surface area contributed by atoms with Gasteiger partial charge in [-0.3, -0.25) is 10.8 Å². The van der Waals surface area contributed by atoms with E-state index in [1.54, 1.807) is 18.3 Å². The molecule has 4 heteroatoms.